The topological polar surface area (TPSA) is 52.3 Å². The summed E-state index contributed by atoms with van der Waals surface area (Å²) in [5.74, 6) is -1.51. The largest absolute Gasteiger partial charge is 0.371 e. The van der Waals surface area contributed by atoms with Crippen molar-refractivity contribution < 1.29 is 18.3 Å². The lowest BCUT2D eigenvalue weighted by molar-refractivity contribution is -0.127. The number of hydrogen-bond acceptors (Lipinski definition) is 2. The maximum absolute atomic E-state index is 12.0. The standard InChI is InChI=1S/C6H9F2NO2/c7-5(8)4-3(6(9)10)1-2-11-4/h3-5H,1-2H2,(H2,9,10)/t3-,4-/m0/s1. The molecule has 11 heavy (non-hydrogen) atoms. The van der Waals surface area contributed by atoms with Crippen LogP contribution in [0.1, 0.15) is 6.42 Å². The molecule has 0 spiro atoms. The van der Waals surface area contributed by atoms with Crippen LogP contribution in [0.2, 0.25) is 0 Å². The SMILES string of the molecule is NC(=O)[C@H]1CCO[C@@H]1C(F)F. The van der Waals surface area contributed by atoms with Gasteiger partial charge < -0.3 is 10.5 Å². The number of hydrogen-bond donors (Lipinski definition) is 1. The van der Waals surface area contributed by atoms with Crippen molar-refractivity contribution in [2.24, 2.45) is 11.7 Å². The molecule has 1 amide bonds. The Bertz CT molecular complexity index is 163. The van der Waals surface area contributed by atoms with Gasteiger partial charge >= 0.3 is 0 Å². The fraction of sp³-hybridized carbons (Fsp3) is 0.833. The molecular formula is C6H9F2NO2. The van der Waals surface area contributed by atoms with Gasteiger partial charge in [0.1, 0.15) is 6.10 Å². The third-order valence-corrected chi connectivity index (χ3v) is 1.75. The maximum atomic E-state index is 12.0. The number of nitrogens with two attached hydrogens (primary N) is 1. The molecule has 2 atom stereocenters. The van der Waals surface area contributed by atoms with E-state index in [9.17, 15) is 13.6 Å². The third kappa shape index (κ3) is 1.65. The van der Waals surface area contributed by atoms with Gasteiger partial charge in [-0.15, -0.1) is 0 Å². The number of amides is 1. The number of primary amides is 1. The minimum Gasteiger partial charge on any atom is -0.371 e. The van der Waals surface area contributed by atoms with Gasteiger partial charge in [0.2, 0.25) is 5.91 Å². The van der Waals surface area contributed by atoms with Gasteiger partial charge in [-0.25, -0.2) is 8.78 Å². The third-order valence-electron chi connectivity index (χ3n) is 1.75. The second kappa shape index (κ2) is 3.13. The smallest absolute Gasteiger partial charge is 0.265 e. The summed E-state index contributed by atoms with van der Waals surface area (Å²) in [5.41, 5.74) is 4.87. The number of carbonyl (C=O) groups is 1. The molecule has 0 saturated carbocycles. The molecule has 0 unspecified atom stereocenters. The molecule has 0 aromatic rings. The number of rotatable bonds is 2. The van der Waals surface area contributed by atoms with Crippen molar-refractivity contribution in [2.75, 3.05) is 6.61 Å². The van der Waals surface area contributed by atoms with Gasteiger partial charge in [0.05, 0.1) is 5.92 Å². The molecule has 1 saturated heterocycles. The van der Waals surface area contributed by atoms with Crippen LogP contribution in [0.25, 0.3) is 0 Å². The molecule has 1 fully saturated rings. The van der Waals surface area contributed by atoms with Crippen LogP contribution in [0.5, 0.6) is 0 Å². The van der Waals surface area contributed by atoms with Crippen LogP contribution in [0.4, 0.5) is 8.78 Å². The van der Waals surface area contributed by atoms with Crippen molar-refractivity contribution in [3.8, 4) is 0 Å². The Morgan fingerprint density at radius 3 is 2.64 bits per heavy atom. The highest BCUT2D eigenvalue weighted by Crippen LogP contribution is 2.25. The Balaban J connectivity index is 2.58. The highest BCUT2D eigenvalue weighted by molar-refractivity contribution is 5.77. The highest BCUT2D eigenvalue weighted by Gasteiger charge is 2.38. The van der Waals surface area contributed by atoms with E-state index in [0.29, 0.717) is 6.42 Å². The summed E-state index contributed by atoms with van der Waals surface area (Å²) in [5, 5.41) is 0. The minimum absolute atomic E-state index is 0.197. The molecular weight excluding hydrogens is 156 g/mol. The van der Waals surface area contributed by atoms with Gasteiger partial charge in [-0.3, -0.25) is 4.79 Å². The van der Waals surface area contributed by atoms with Crippen molar-refractivity contribution in [2.45, 2.75) is 19.0 Å². The second-order valence-corrected chi connectivity index (χ2v) is 2.47. The van der Waals surface area contributed by atoms with Crippen LogP contribution in [0.3, 0.4) is 0 Å². The van der Waals surface area contributed by atoms with Crippen LogP contribution in [-0.2, 0) is 9.53 Å². The summed E-state index contributed by atoms with van der Waals surface area (Å²) >= 11 is 0. The van der Waals surface area contributed by atoms with Crippen molar-refractivity contribution in [3.05, 3.63) is 0 Å². The molecule has 1 aliphatic rings. The van der Waals surface area contributed by atoms with Crippen LogP contribution >= 0.6 is 0 Å². The predicted molar refractivity (Wildman–Crippen MR) is 33.0 cm³/mol. The predicted octanol–water partition coefficient (Wildman–Crippen LogP) is 0.142. The zero-order chi connectivity index (χ0) is 8.43. The van der Waals surface area contributed by atoms with Crippen molar-refractivity contribution in [1.29, 1.82) is 0 Å². The Kier molecular flexibility index (Phi) is 2.38. The average molecular weight is 165 g/mol. The van der Waals surface area contributed by atoms with Crippen molar-refractivity contribution in [3.63, 3.8) is 0 Å². The van der Waals surface area contributed by atoms with Gasteiger partial charge in [0.25, 0.3) is 6.43 Å². The lowest BCUT2D eigenvalue weighted by Crippen LogP contribution is -2.34. The lowest BCUT2D eigenvalue weighted by atomic mass is 10.0. The number of ether oxygens (including phenoxy) is 1. The molecule has 3 nitrogen and oxygen atoms in total. The summed E-state index contributed by atoms with van der Waals surface area (Å²) in [6.45, 7) is 0.197. The Morgan fingerprint density at radius 1 is 1.64 bits per heavy atom. The minimum atomic E-state index is -2.62. The molecule has 64 valence electrons. The Morgan fingerprint density at radius 2 is 2.27 bits per heavy atom. The molecule has 1 aliphatic heterocycles. The molecule has 0 aliphatic carbocycles. The molecule has 0 bridgehead atoms. The summed E-state index contributed by atoms with van der Waals surface area (Å²) in [4.78, 5) is 10.5. The Labute approximate surface area is 62.5 Å². The van der Waals surface area contributed by atoms with E-state index in [2.05, 4.69) is 4.74 Å². The first kappa shape index (κ1) is 8.39. The van der Waals surface area contributed by atoms with E-state index in [-0.39, 0.29) is 6.61 Å². The molecule has 0 aromatic heterocycles. The molecule has 0 radical (unpaired) electrons. The van der Waals surface area contributed by atoms with E-state index < -0.39 is 24.4 Å². The molecule has 1 heterocycles. The van der Waals surface area contributed by atoms with Gasteiger partial charge in [-0.05, 0) is 6.42 Å². The molecule has 5 heteroatoms. The van der Waals surface area contributed by atoms with Crippen LogP contribution in [0.15, 0.2) is 0 Å². The van der Waals surface area contributed by atoms with Crippen LogP contribution in [-0.4, -0.2) is 25.0 Å². The van der Waals surface area contributed by atoms with Gasteiger partial charge in [0.15, 0.2) is 0 Å². The van der Waals surface area contributed by atoms with E-state index in [1.54, 1.807) is 0 Å². The van der Waals surface area contributed by atoms with E-state index in [1.165, 1.54) is 0 Å². The van der Waals surface area contributed by atoms with E-state index in [1.807, 2.05) is 0 Å². The van der Waals surface area contributed by atoms with E-state index in [0.717, 1.165) is 0 Å². The van der Waals surface area contributed by atoms with Crippen molar-refractivity contribution in [1.82, 2.24) is 0 Å². The maximum Gasteiger partial charge on any atom is 0.265 e. The fourth-order valence-electron chi connectivity index (χ4n) is 1.16. The quantitative estimate of drug-likeness (QED) is 0.632. The first-order valence-electron chi connectivity index (χ1n) is 3.32. The van der Waals surface area contributed by atoms with Crippen molar-refractivity contribution >= 4 is 5.91 Å². The number of halogens is 2. The fourth-order valence-corrected chi connectivity index (χ4v) is 1.16. The zero-order valence-corrected chi connectivity index (χ0v) is 5.80. The first-order chi connectivity index (χ1) is 5.13. The summed E-state index contributed by atoms with van der Waals surface area (Å²) in [6, 6.07) is 0. The average Bonchev–Trinajstić information content (AvgIpc) is 2.32. The molecule has 2 N–H and O–H groups in total. The van der Waals surface area contributed by atoms with Gasteiger partial charge in [0, 0.05) is 6.61 Å². The summed E-state index contributed by atoms with van der Waals surface area (Å²) in [6.07, 6.45) is -3.59. The van der Waals surface area contributed by atoms with Gasteiger partial charge in [-0.2, -0.15) is 0 Å². The highest BCUT2D eigenvalue weighted by atomic mass is 19.3. The van der Waals surface area contributed by atoms with Crippen LogP contribution in [0, 0.1) is 5.92 Å². The molecule has 1 rings (SSSR count). The van der Waals surface area contributed by atoms with E-state index >= 15 is 0 Å². The Hall–Kier alpha value is -0.710. The lowest BCUT2D eigenvalue weighted by Gasteiger charge is -2.13. The number of carbonyl (C=O) groups excluding carboxylic acids is 1. The number of alkyl halides is 2. The summed E-state index contributed by atoms with van der Waals surface area (Å²) < 4.78 is 28.7. The molecule has 0 aromatic carbocycles. The second-order valence-electron chi connectivity index (χ2n) is 2.47. The first-order valence-corrected chi connectivity index (χ1v) is 3.32. The van der Waals surface area contributed by atoms with Crippen LogP contribution < -0.4 is 5.73 Å². The zero-order valence-electron chi connectivity index (χ0n) is 5.80. The summed E-state index contributed by atoms with van der Waals surface area (Å²) in [7, 11) is 0. The normalized spacial score (nSPS) is 31.2. The van der Waals surface area contributed by atoms with Gasteiger partial charge in [-0.1, -0.05) is 0 Å². The van der Waals surface area contributed by atoms with E-state index in [4.69, 9.17) is 5.73 Å². The monoisotopic (exact) mass is 165 g/mol.